The van der Waals surface area contributed by atoms with Crippen LogP contribution in [-0.2, 0) is 18.4 Å². The smallest absolute Gasteiger partial charge is 0.287 e. The molecule has 0 aliphatic heterocycles. The number of hydrogen-bond donors (Lipinski definition) is 1. The van der Waals surface area contributed by atoms with Crippen LogP contribution in [0.25, 0.3) is 0 Å². The molecule has 0 spiro atoms. The van der Waals surface area contributed by atoms with Crippen molar-refractivity contribution in [3.63, 3.8) is 0 Å². The number of carbonyl (C=O) groups excluding carboxylic acids is 1. The predicted octanol–water partition coefficient (Wildman–Crippen LogP) is 6.11. The van der Waals surface area contributed by atoms with Crippen molar-refractivity contribution in [2.75, 3.05) is 7.11 Å². The molecule has 0 saturated heterocycles. The molecule has 0 radical (unpaired) electrons. The molecule has 1 amide bonds. The van der Waals surface area contributed by atoms with Crippen LogP contribution in [0.15, 0.2) is 52.9 Å². The number of rotatable bonds is 8. The molecule has 0 aliphatic rings. The summed E-state index contributed by atoms with van der Waals surface area (Å²) in [7, 11) is 1.68. The molecule has 0 fully saturated rings. The molecule has 3 aromatic rings. The normalized spacial score (nSPS) is 11.4. The van der Waals surface area contributed by atoms with Gasteiger partial charge in [0.05, 0.1) is 7.11 Å². The molecule has 4 nitrogen and oxygen atoms in total. The van der Waals surface area contributed by atoms with Crippen LogP contribution in [0.1, 0.15) is 71.3 Å². The number of ether oxygens (including phenoxy) is 1. The third kappa shape index (κ3) is 5.19. The van der Waals surface area contributed by atoms with Crippen molar-refractivity contribution in [1.82, 2.24) is 5.32 Å². The van der Waals surface area contributed by atoms with Crippen LogP contribution in [0.3, 0.4) is 0 Å². The van der Waals surface area contributed by atoms with Gasteiger partial charge in [-0.05, 0) is 66.1 Å². The van der Waals surface area contributed by atoms with Crippen molar-refractivity contribution in [3.05, 3.63) is 87.9 Å². The largest absolute Gasteiger partial charge is 0.496 e. The Morgan fingerprint density at radius 3 is 2.55 bits per heavy atom. The highest BCUT2D eigenvalue weighted by atomic mass is 16.5. The van der Waals surface area contributed by atoms with Gasteiger partial charge in [-0.3, -0.25) is 4.79 Å². The third-order valence-electron chi connectivity index (χ3n) is 6.35. The summed E-state index contributed by atoms with van der Waals surface area (Å²) in [5.74, 6) is 1.68. The van der Waals surface area contributed by atoms with Gasteiger partial charge in [0.15, 0.2) is 5.76 Å². The zero-order valence-electron chi connectivity index (χ0n) is 19.5. The van der Waals surface area contributed by atoms with Gasteiger partial charge >= 0.3 is 0 Å². The Hall–Kier alpha value is -3.01. The van der Waals surface area contributed by atoms with E-state index in [9.17, 15) is 4.79 Å². The van der Waals surface area contributed by atoms with Crippen molar-refractivity contribution in [2.45, 2.75) is 59.4 Å². The minimum absolute atomic E-state index is 0.0865. The molecule has 1 heterocycles. The second-order valence-corrected chi connectivity index (χ2v) is 8.75. The standard InChI is InChI=1S/C27H33NO3/c1-7-27(4,5)22-11-13-24(30-6)21(15-22)16-23-12-14-25(31-23)26(29)28-17-20-10-8-9-18(2)19(20)3/h8-15H,7,16-17H2,1-6H3,(H,28,29). The van der Waals surface area contributed by atoms with E-state index < -0.39 is 0 Å². The maximum atomic E-state index is 12.6. The van der Waals surface area contributed by atoms with Gasteiger partial charge in [-0.2, -0.15) is 0 Å². The minimum Gasteiger partial charge on any atom is -0.496 e. The van der Waals surface area contributed by atoms with Gasteiger partial charge in [0, 0.05) is 18.5 Å². The molecule has 1 N–H and O–H groups in total. The van der Waals surface area contributed by atoms with E-state index in [1.54, 1.807) is 13.2 Å². The zero-order chi connectivity index (χ0) is 22.6. The average Bonchev–Trinajstić information content (AvgIpc) is 3.23. The molecule has 3 rings (SSSR count). The van der Waals surface area contributed by atoms with E-state index in [4.69, 9.17) is 9.15 Å². The molecular weight excluding hydrogens is 386 g/mol. The van der Waals surface area contributed by atoms with Crippen LogP contribution in [0.2, 0.25) is 0 Å². The van der Waals surface area contributed by atoms with Crippen LogP contribution >= 0.6 is 0 Å². The van der Waals surface area contributed by atoms with E-state index in [0.717, 1.165) is 29.1 Å². The third-order valence-corrected chi connectivity index (χ3v) is 6.35. The van der Waals surface area contributed by atoms with Crippen molar-refractivity contribution >= 4 is 5.91 Å². The van der Waals surface area contributed by atoms with Gasteiger partial charge in [0.1, 0.15) is 11.5 Å². The van der Waals surface area contributed by atoms with Crippen molar-refractivity contribution in [3.8, 4) is 5.75 Å². The first-order valence-corrected chi connectivity index (χ1v) is 10.8. The van der Waals surface area contributed by atoms with Crippen LogP contribution in [0, 0.1) is 13.8 Å². The number of nitrogens with one attached hydrogen (secondary N) is 1. The minimum atomic E-state index is -0.208. The number of carbonyl (C=O) groups is 1. The first kappa shape index (κ1) is 22.7. The highest BCUT2D eigenvalue weighted by molar-refractivity contribution is 5.91. The Bertz CT molecular complexity index is 1060. The Balaban J connectivity index is 1.73. The zero-order valence-corrected chi connectivity index (χ0v) is 19.5. The fraction of sp³-hybridized carbons (Fsp3) is 0.370. The lowest BCUT2D eigenvalue weighted by molar-refractivity contribution is 0.0921. The number of methoxy groups -OCH3 is 1. The second-order valence-electron chi connectivity index (χ2n) is 8.75. The summed E-state index contributed by atoms with van der Waals surface area (Å²) in [5.41, 5.74) is 5.94. The summed E-state index contributed by atoms with van der Waals surface area (Å²) < 4.78 is 11.4. The number of aryl methyl sites for hydroxylation is 1. The van der Waals surface area contributed by atoms with E-state index in [0.29, 0.717) is 18.7 Å². The predicted molar refractivity (Wildman–Crippen MR) is 125 cm³/mol. The molecule has 2 aromatic carbocycles. The number of furan rings is 1. The highest BCUT2D eigenvalue weighted by Crippen LogP contribution is 2.32. The van der Waals surface area contributed by atoms with Crippen LogP contribution in [-0.4, -0.2) is 13.0 Å². The molecule has 0 bridgehead atoms. The molecule has 0 saturated carbocycles. The molecule has 31 heavy (non-hydrogen) atoms. The topological polar surface area (TPSA) is 51.5 Å². The number of benzene rings is 2. The lowest BCUT2D eigenvalue weighted by Gasteiger charge is -2.24. The molecule has 0 unspecified atom stereocenters. The van der Waals surface area contributed by atoms with Crippen LogP contribution < -0.4 is 10.1 Å². The lowest BCUT2D eigenvalue weighted by Crippen LogP contribution is -2.22. The monoisotopic (exact) mass is 419 g/mol. The maximum absolute atomic E-state index is 12.6. The quantitative estimate of drug-likeness (QED) is 0.479. The summed E-state index contributed by atoms with van der Waals surface area (Å²) in [6.45, 7) is 11.3. The van der Waals surface area contributed by atoms with E-state index >= 15 is 0 Å². The summed E-state index contributed by atoms with van der Waals surface area (Å²) in [6.07, 6.45) is 1.62. The summed E-state index contributed by atoms with van der Waals surface area (Å²) in [6, 6.07) is 16.0. The Morgan fingerprint density at radius 2 is 1.84 bits per heavy atom. The van der Waals surface area contributed by atoms with Crippen molar-refractivity contribution in [2.24, 2.45) is 0 Å². The van der Waals surface area contributed by atoms with Crippen LogP contribution in [0.5, 0.6) is 5.75 Å². The van der Waals surface area contributed by atoms with Crippen LogP contribution in [0.4, 0.5) is 0 Å². The Labute approximate surface area is 185 Å². The summed E-state index contributed by atoms with van der Waals surface area (Å²) in [5, 5.41) is 2.96. The molecule has 1 aromatic heterocycles. The van der Waals surface area contributed by atoms with Gasteiger partial charge in [-0.15, -0.1) is 0 Å². The number of hydrogen-bond acceptors (Lipinski definition) is 3. The van der Waals surface area contributed by atoms with E-state index in [1.807, 2.05) is 24.3 Å². The van der Waals surface area contributed by atoms with E-state index in [2.05, 4.69) is 58.1 Å². The van der Waals surface area contributed by atoms with E-state index in [1.165, 1.54) is 16.7 Å². The van der Waals surface area contributed by atoms with Gasteiger partial charge in [-0.25, -0.2) is 0 Å². The average molecular weight is 420 g/mol. The van der Waals surface area contributed by atoms with Crippen molar-refractivity contribution in [1.29, 1.82) is 0 Å². The maximum Gasteiger partial charge on any atom is 0.287 e. The molecule has 0 atom stereocenters. The first-order chi connectivity index (χ1) is 14.7. The highest BCUT2D eigenvalue weighted by Gasteiger charge is 2.20. The summed E-state index contributed by atoms with van der Waals surface area (Å²) >= 11 is 0. The fourth-order valence-electron chi connectivity index (χ4n) is 3.59. The Kier molecular flexibility index (Phi) is 6.89. The molecule has 4 heteroatoms. The van der Waals surface area contributed by atoms with E-state index in [-0.39, 0.29) is 11.3 Å². The van der Waals surface area contributed by atoms with Crippen molar-refractivity contribution < 1.29 is 13.9 Å². The summed E-state index contributed by atoms with van der Waals surface area (Å²) in [4.78, 5) is 12.6. The van der Waals surface area contributed by atoms with Gasteiger partial charge in [0.25, 0.3) is 5.91 Å². The number of amides is 1. The molecule has 0 aliphatic carbocycles. The second kappa shape index (κ2) is 9.42. The lowest BCUT2D eigenvalue weighted by atomic mass is 9.81. The Morgan fingerprint density at radius 1 is 1.06 bits per heavy atom. The molecule has 164 valence electrons. The first-order valence-electron chi connectivity index (χ1n) is 10.8. The SMILES string of the molecule is CCC(C)(C)c1ccc(OC)c(Cc2ccc(C(=O)NCc3cccc(C)c3C)o2)c1. The van der Waals surface area contributed by atoms with Gasteiger partial charge in [-0.1, -0.05) is 51.1 Å². The fourth-order valence-corrected chi connectivity index (χ4v) is 3.59. The molecular formula is C27H33NO3. The van der Waals surface area contributed by atoms with Gasteiger partial charge in [0.2, 0.25) is 0 Å². The van der Waals surface area contributed by atoms with Gasteiger partial charge < -0.3 is 14.5 Å².